The van der Waals surface area contributed by atoms with E-state index in [0.29, 0.717) is 11.1 Å². The van der Waals surface area contributed by atoms with Crippen LogP contribution in [-0.2, 0) is 10.1 Å². The minimum Gasteiger partial charge on any atom is -0.493 e. The van der Waals surface area contributed by atoms with Crippen molar-refractivity contribution in [3.05, 3.63) is 53.1 Å². The summed E-state index contributed by atoms with van der Waals surface area (Å²) in [6.45, 7) is 4.93. The lowest BCUT2D eigenvalue weighted by Gasteiger charge is -2.13. The van der Waals surface area contributed by atoms with Crippen molar-refractivity contribution in [1.29, 1.82) is 0 Å². The van der Waals surface area contributed by atoms with Crippen LogP contribution in [0, 0.1) is 13.8 Å². The minimum atomic E-state index is -4.00. The molecule has 0 spiro atoms. The van der Waals surface area contributed by atoms with Gasteiger partial charge in [-0.1, -0.05) is 12.1 Å². The number of Topliss-reactive ketones (excluding diaryl/α,β-unsaturated/α-hetero) is 1. The lowest BCUT2D eigenvalue weighted by Crippen LogP contribution is -2.12. The minimum absolute atomic E-state index is 0.0402. The largest absolute Gasteiger partial charge is 0.493 e. The van der Waals surface area contributed by atoms with Gasteiger partial charge in [-0.05, 0) is 56.2 Å². The van der Waals surface area contributed by atoms with Crippen LogP contribution in [-0.4, -0.2) is 21.3 Å². The van der Waals surface area contributed by atoms with Crippen molar-refractivity contribution >= 4 is 15.9 Å². The van der Waals surface area contributed by atoms with E-state index >= 15 is 0 Å². The third kappa shape index (κ3) is 3.71. The average molecular weight is 334 g/mol. The highest BCUT2D eigenvalue weighted by atomic mass is 32.2. The van der Waals surface area contributed by atoms with Crippen molar-refractivity contribution < 1.29 is 22.1 Å². The summed E-state index contributed by atoms with van der Waals surface area (Å²) in [4.78, 5) is 11.5. The number of benzene rings is 2. The molecule has 0 aliphatic carbocycles. The van der Waals surface area contributed by atoms with Crippen molar-refractivity contribution in [2.45, 2.75) is 25.7 Å². The molecule has 0 N–H and O–H groups in total. The molecule has 0 fully saturated rings. The van der Waals surface area contributed by atoms with Crippen LogP contribution < -0.4 is 8.92 Å². The number of hydrogen-bond acceptors (Lipinski definition) is 5. The molecule has 0 radical (unpaired) electrons. The number of carbonyl (C=O) groups is 1. The number of aryl methyl sites for hydroxylation is 2. The summed E-state index contributed by atoms with van der Waals surface area (Å²) in [5.74, 6) is 0.0808. The van der Waals surface area contributed by atoms with Gasteiger partial charge in [-0.2, -0.15) is 8.42 Å². The fourth-order valence-corrected chi connectivity index (χ4v) is 3.35. The molecular weight excluding hydrogens is 316 g/mol. The van der Waals surface area contributed by atoms with Gasteiger partial charge < -0.3 is 8.92 Å². The topological polar surface area (TPSA) is 69.7 Å². The highest BCUT2D eigenvalue weighted by molar-refractivity contribution is 7.87. The Morgan fingerprint density at radius 3 is 2.30 bits per heavy atom. The number of rotatable bonds is 5. The molecule has 6 heteroatoms. The molecule has 0 aromatic heterocycles. The molecule has 0 amide bonds. The number of ketones is 1. The predicted molar refractivity (Wildman–Crippen MR) is 86.7 cm³/mol. The first-order valence-electron chi connectivity index (χ1n) is 6.95. The molecule has 0 heterocycles. The van der Waals surface area contributed by atoms with E-state index in [2.05, 4.69) is 0 Å². The summed E-state index contributed by atoms with van der Waals surface area (Å²) in [6.07, 6.45) is 0. The monoisotopic (exact) mass is 334 g/mol. The molecule has 0 atom stereocenters. The van der Waals surface area contributed by atoms with E-state index in [9.17, 15) is 13.2 Å². The molecule has 0 saturated heterocycles. The van der Waals surface area contributed by atoms with Crippen LogP contribution in [0.1, 0.15) is 28.4 Å². The molecule has 2 aromatic carbocycles. The average Bonchev–Trinajstić information content (AvgIpc) is 2.49. The number of carbonyl (C=O) groups excluding carboxylic acids is 1. The standard InChI is InChI=1S/C17H18O5S/c1-11-5-6-12(2)17(9-11)23(19,20)22-15-8-7-14(13(3)18)10-16(15)21-4/h5-10H,1-4H3. The Kier molecular flexibility index (Phi) is 4.75. The zero-order valence-electron chi connectivity index (χ0n) is 13.4. The Labute approximate surface area is 136 Å². The molecule has 0 bridgehead atoms. The van der Waals surface area contributed by atoms with Crippen LogP contribution in [0.15, 0.2) is 41.3 Å². The van der Waals surface area contributed by atoms with Gasteiger partial charge in [0.1, 0.15) is 4.90 Å². The summed E-state index contributed by atoms with van der Waals surface area (Å²) >= 11 is 0. The zero-order valence-corrected chi connectivity index (χ0v) is 14.2. The van der Waals surface area contributed by atoms with E-state index in [1.807, 2.05) is 6.07 Å². The predicted octanol–water partition coefficient (Wildman–Crippen LogP) is 3.28. The molecule has 23 heavy (non-hydrogen) atoms. The molecule has 0 aliphatic rings. The van der Waals surface area contributed by atoms with Crippen LogP contribution in [0.3, 0.4) is 0 Å². The van der Waals surface area contributed by atoms with Crippen molar-refractivity contribution in [2.24, 2.45) is 0 Å². The van der Waals surface area contributed by atoms with Gasteiger partial charge in [0.25, 0.3) is 0 Å². The highest BCUT2D eigenvalue weighted by Gasteiger charge is 2.22. The van der Waals surface area contributed by atoms with E-state index in [-0.39, 0.29) is 22.2 Å². The Morgan fingerprint density at radius 2 is 1.70 bits per heavy atom. The van der Waals surface area contributed by atoms with E-state index in [4.69, 9.17) is 8.92 Å². The summed E-state index contributed by atoms with van der Waals surface area (Å²) < 4.78 is 35.4. The van der Waals surface area contributed by atoms with Gasteiger partial charge in [-0.15, -0.1) is 0 Å². The van der Waals surface area contributed by atoms with Crippen LogP contribution in [0.2, 0.25) is 0 Å². The fraction of sp³-hybridized carbons (Fsp3) is 0.235. The Balaban J connectivity index is 2.45. The Bertz CT molecular complexity index is 853. The maximum Gasteiger partial charge on any atom is 0.339 e. The summed E-state index contributed by atoms with van der Waals surface area (Å²) in [6, 6.07) is 9.48. The Hall–Kier alpha value is -2.34. The van der Waals surface area contributed by atoms with E-state index in [1.165, 1.54) is 32.2 Å². The summed E-state index contributed by atoms with van der Waals surface area (Å²) in [7, 11) is -2.61. The second-order valence-electron chi connectivity index (χ2n) is 5.23. The van der Waals surface area contributed by atoms with Crippen LogP contribution >= 0.6 is 0 Å². The van der Waals surface area contributed by atoms with Gasteiger partial charge in [0.15, 0.2) is 17.3 Å². The highest BCUT2D eigenvalue weighted by Crippen LogP contribution is 2.31. The van der Waals surface area contributed by atoms with Gasteiger partial charge in [-0.3, -0.25) is 4.79 Å². The van der Waals surface area contributed by atoms with E-state index < -0.39 is 10.1 Å². The third-order valence-electron chi connectivity index (χ3n) is 3.38. The fourth-order valence-electron chi connectivity index (χ4n) is 2.10. The van der Waals surface area contributed by atoms with Gasteiger partial charge in [0, 0.05) is 5.56 Å². The van der Waals surface area contributed by atoms with Gasteiger partial charge in [-0.25, -0.2) is 0 Å². The normalized spacial score (nSPS) is 11.1. The number of methoxy groups -OCH3 is 1. The summed E-state index contributed by atoms with van der Waals surface area (Å²) in [5.41, 5.74) is 1.82. The van der Waals surface area contributed by atoms with Crippen LogP contribution in [0.4, 0.5) is 0 Å². The molecule has 0 saturated carbocycles. The maximum atomic E-state index is 12.5. The SMILES string of the molecule is COc1cc(C(C)=O)ccc1OS(=O)(=O)c1cc(C)ccc1C. The lowest BCUT2D eigenvalue weighted by atomic mass is 10.1. The first-order chi connectivity index (χ1) is 10.7. The van der Waals surface area contributed by atoms with Crippen LogP contribution in [0.5, 0.6) is 11.5 Å². The second kappa shape index (κ2) is 6.42. The molecular formula is C17H18O5S. The van der Waals surface area contributed by atoms with Crippen molar-refractivity contribution in [3.63, 3.8) is 0 Å². The third-order valence-corrected chi connectivity index (χ3v) is 4.76. The second-order valence-corrected chi connectivity index (χ2v) is 6.74. The van der Waals surface area contributed by atoms with Gasteiger partial charge >= 0.3 is 10.1 Å². The Morgan fingerprint density at radius 1 is 1.00 bits per heavy atom. The van der Waals surface area contributed by atoms with Crippen molar-refractivity contribution in [1.82, 2.24) is 0 Å². The van der Waals surface area contributed by atoms with Crippen molar-refractivity contribution in [3.8, 4) is 11.5 Å². The summed E-state index contributed by atoms with van der Waals surface area (Å²) in [5, 5.41) is 0. The van der Waals surface area contributed by atoms with Crippen LogP contribution in [0.25, 0.3) is 0 Å². The van der Waals surface area contributed by atoms with E-state index in [0.717, 1.165) is 5.56 Å². The molecule has 122 valence electrons. The van der Waals surface area contributed by atoms with Crippen molar-refractivity contribution in [2.75, 3.05) is 7.11 Å². The van der Waals surface area contributed by atoms with Gasteiger partial charge in [0.05, 0.1) is 7.11 Å². The van der Waals surface area contributed by atoms with E-state index in [1.54, 1.807) is 26.0 Å². The molecule has 5 nitrogen and oxygen atoms in total. The molecule has 2 aromatic rings. The first-order valence-corrected chi connectivity index (χ1v) is 8.36. The molecule has 0 unspecified atom stereocenters. The lowest BCUT2D eigenvalue weighted by molar-refractivity contribution is 0.101. The molecule has 2 rings (SSSR count). The molecule has 0 aliphatic heterocycles. The number of ether oxygens (including phenoxy) is 1. The zero-order chi connectivity index (χ0) is 17.2. The number of hydrogen-bond donors (Lipinski definition) is 0. The smallest absolute Gasteiger partial charge is 0.339 e. The van der Waals surface area contributed by atoms with Gasteiger partial charge in [0.2, 0.25) is 0 Å². The first kappa shape index (κ1) is 17.0. The quantitative estimate of drug-likeness (QED) is 0.620. The maximum absolute atomic E-state index is 12.5.